The monoisotopic (exact) mass is 299 g/mol. The maximum Gasteiger partial charge on any atom is 0.137 e. The summed E-state index contributed by atoms with van der Waals surface area (Å²) in [5.41, 5.74) is 1.07. The highest BCUT2D eigenvalue weighted by Crippen LogP contribution is 2.17. The minimum atomic E-state index is -0.220. The Morgan fingerprint density at radius 1 is 1.25 bits per heavy atom. The highest BCUT2D eigenvalue weighted by atomic mass is 79.9. The number of hydrogen-bond acceptors (Lipinski definition) is 2. The molecule has 84 valence electrons. The van der Waals surface area contributed by atoms with Gasteiger partial charge in [0.05, 0.1) is 4.47 Å². The van der Waals surface area contributed by atoms with Gasteiger partial charge in [0, 0.05) is 18.0 Å². The molecule has 0 aliphatic heterocycles. The second-order valence-electron chi connectivity index (χ2n) is 3.43. The lowest BCUT2D eigenvalue weighted by Gasteiger charge is -2.04. The molecule has 1 N–H and O–H groups in total. The first-order valence-electron chi connectivity index (χ1n) is 4.93. The predicted octanol–water partition coefficient (Wildman–Crippen LogP) is 3.94. The quantitative estimate of drug-likeness (QED) is 0.902. The SMILES string of the molecule is Fc1ccc(CNCc2cccs2)cc1Br. The lowest BCUT2D eigenvalue weighted by atomic mass is 10.2. The third-order valence-electron chi connectivity index (χ3n) is 2.19. The van der Waals surface area contributed by atoms with Crippen molar-refractivity contribution in [2.45, 2.75) is 13.1 Å². The molecule has 0 amide bonds. The van der Waals surface area contributed by atoms with E-state index in [0.29, 0.717) is 4.47 Å². The molecule has 0 saturated heterocycles. The van der Waals surface area contributed by atoms with Gasteiger partial charge in [0.2, 0.25) is 0 Å². The zero-order valence-corrected chi connectivity index (χ0v) is 10.9. The lowest BCUT2D eigenvalue weighted by molar-refractivity contribution is 0.618. The standard InChI is InChI=1S/C12H11BrFNS/c13-11-6-9(3-4-12(11)14)7-15-8-10-2-1-5-16-10/h1-6,15H,7-8H2. The van der Waals surface area contributed by atoms with Crippen molar-refractivity contribution in [3.63, 3.8) is 0 Å². The molecule has 1 nitrogen and oxygen atoms in total. The Morgan fingerprint density at radius 2 is 2.12 bits per heavy atom. The van der Waals surface area contributed by atoms with Crippen molar-refractivity contribution in [1.29, 1.82) is 0 Å². The Hall–Kier alpha value is -0.710. The van der Waals surface area contributed by atoms with E-state index in [1.807, 2.05) is 6.07 Å². The van der Waals surface area contributed by atoms with Crippen LogP contribution in [-0.2, 0) is 13.1 Å². The van der Waals surface area contributed by atoms with Crippen LogP contribution >= 0.6 is 27.3 Å². The van der Waals surface area contributed by atoms with E-state index < -0.39 is 0 Å². The first kappa shape index (κ1) is 11.8. The van der Waals surface area contributed by atoms with Crippen LogP contribution in [0.2, 0.25) is 0 Å². The summed E-state index contributed by atoms with van der Waals surface area (Å²) in [4.78, 5) is 1.31. The molecule has 0 aliphatic rings. The molecule has 0 radical (unpaired) electrons. The van der Waals surface area contributed by atoms with Crippen molar-refractivity contribution < 1.29 is 4.39 Å². The van der Waals surface area contributed by atoms with Crippen molar-refractivity contribution in [1.82, 2.24) is 5.32 Å². The number of thiophene rings is 1. The van der Waals surface area contributed by atoms with Crippen LogP contribution in [0.1, 0.15) is 10.4 Å². The van der Waals surface area contributed by atoms with Gasteiger partial charge in [-0.1, -0.05) is 12.1 Å². The second-order valence-corrected chi connectivity index (χ2v) is 5.32. The van der Waals surface area contributed by atoms with Gasteiger partial charge in [-0.05, 0) is 45.1 Å². The maximum atomic E-state index is 13.0. The van der Waals surface area contributed by atoms with Gasteiger partial charge in [0.25, 0.3) is 0 Å². The van der Waals surface area contributed by atoms with Crippen molar-refractivity contribution in [3.05, 3.63) is 56.4 Å². The molecule has 0 fully saturated rings. The summed E-state index contributed by atoms with van der Waals surface area (Å²) in [6.07, 6.45) is 0. The van der Waals surface area contributed by atoms with E-state index in [1.165, 1.54) is 10.9 Å². The van der Waals surface area contributed by atoms with Crippen LogP contribution in [0.25, 0.3) is 0 Å². The average molecular weight is 300 g/mol. The van der Waals surface area contributed by atoms with E-state index in [2.05, 4.69) is 32.7 Å². The van der Waals surface area contributed by atoms with Crippen LogP contribution in [0, 0.1) is 5.82 Å². The summed E-state index contributed by atoms with van der Waals surface area (Å²) in [5.74, 6) is -0.220. The Labute approximate surface area is 106 Å². The molecule has 0 atom stereocenters. The third-order valence-corrected chi connectivity index (χ3v) is 3.68. The third kappa shape index (κ3) is 3.14. The highest BCUT2D eigenvalue weighted by molar-refractivity contribution is 9.10. The number of benzene rings is 1. The minimum absolute atomic E-state index is 0.220. The Bertz CT molecular complexity index is 456. The van der Waals surface area contributed by atoms with E-state index >= 15 is 0 Å². The lowest BCUT2D eigenvalue weighted by Crippen LogP contribution is -2.11. The van der Waals surface area contributed by atoms with E-state index in [0.717, 1.165) is 18.7 Å². The smallest absolute Gasteiger partial charge is 0.137 e. The molecule has 2 rings (SSSR count). The van der Waals surface area contributed by atoms with Gasteiger partial charge in [-0.25, -0.2) is 4.39 Å². The van der Waals surface area contributed by atoms with E-state index in [-0.39, 0.29) is 5.82 Å². The normalized spacial score (nSPS) is 10.6. The molecule has 0 spiro atoms. The molecule has 0 aliphatic carbocycles. The Balaban J connectivity index is 1.87. The van der Waals surface area contributed by atoms with Gasteiger partial charge in [-0.15, -0.1) is 11.3 Å². The average Bonchev–Trinajstić information content (AvgIpc) is 2.76. The van der Waals surface area contributed by atoms with Gasteiger partial charge in [-0.2, -0.15) is 0 Å². The summed E-state index contributed by atoms with van der Waals surface area (Å²) < 4.78 is 13.5. The Morgan fingerprint density at radius 3 is 2.81 bits per heavy atom. The number of rotatable bonds is 4. The molecule has 16 heavy (non-hydrogen) atoms. The first-order valence-corrected chi connectivity index (χ1v) is 6.60. The maximum absolute atomic E-state index is 13.0. The van der Waals surface area contributed by atoms with Crippen molar-refractivity contribution in [2.75, 3.05) is 0 Å². The van der Waals surface area contributed by atoms with Crippen LogP contribution in [0.15, 0.2) is 40.2 Å². The van der Waals surface area contributed by atoms with Crippen molar-refractivity contribution in [2.24, 2.45) is 0 Å². The van der Waals surface area contributed by atoms with Crippen molar-refractivity contribution in [3.8, 4) is 0 Å². The molecule has 0 saturated carbocycles. The van der Waals surface area contributed by atoms with Crippen LogP contribution in [-0.4, -0.2) is 0 Å². The summed E-state index contributed by atoms with van der Waals surface area (Å²) in [6, 6.07) is 9.21. The topological polar surface area (TPSA) is 12.0 Å². The molecule has 1 aromatic carbocycles. The molecule has 2 aromatic rings. The zero-order chi connectivity index (χ0) is 11.4. The molecule has 0 bridgehead atoms. The molecule has 4 heteroatoms. The number of nitrogens with one attached hydrogen (secondary N) is 1. The van der Waals surface area contributed by atoms with Crippen LogP contribution in [0.4, 0.5) is 4.39 Å². The largest absolute Gasteiger partial charge is 0.308 e. The summed E-state index contributed by atoms with van der Waals surface area (Å²) in [5, 5.41) is 5.38. The van der Waals surface area contributed by atoms with Gasteiger partial charge >= 0.3 is 0 Å². The predicted molar refractivity (Wildman–Crippen MR) is 69.0 cm³/mol. The number of hydrogen-bond donors (Lipinski definition) is 1. The fourth-order valence-electron chi connectivity index (χ4n) is 1.39. The molecule has 1 aromatic heterocycles. The zero-order valence-electron chi connectivity index (χ0n) is 8.54. The van der Waals surface area contributed by atoms with Gasteiger partial charge in [0.1, 0.15) is 5.82 Å². The van der Waals surface area contributed by atoms with Crippen LogP contribution < -0.4 is 5.32 Å². The summed E-state index contributed by atoms with van der Waals surface area (Å²) in [7, 11) is 0. The molecule has 1 heterocycles. The Kier molecular flexibility index (Phi) is 4.09. The first-order chi connectivity index (χ1) is 7.75. The fraction of sp³-hybridized carbons (Fsp3) is 0.167. The summed E-state index contributed by atoms with van der Waals surface area (Å²) in [6.45, 7) is 1.60. The van der Waals surface area contributed by atoms with Gasteiger partial charge in [0.15, 0.2) is 0 Å². The van der Waals surface area contributed by atoms with Crippen LogP contribution in [0.5, 0.6) is 0 Å². The van der Waals surface area contributed by atoms with E-state index in [4.69, 9.17) is 0 Å². The van der Waals surface area contributed by atoms with E-state index in [9.17, 15) is 4.39 Å². The van der Waals surface area contributed by atoms with Gasteiger partial charge < -0.3 is 5.32 Å². The van der Waals surface area contributed by atoms with E-state index in [1.54, 1.807) is 23.5 Å². The minimum Gasteiger partial charge on any atom is -0.308 e. The fourth-order valence-corrected chi connectivity index (χ4v) is 2.49. The summed E-state index contributed by atoms with van der Waals surface area (Å²) >= 11 is 4.91. The molecule has 0 unspecified atom stereocenters. The second kappa shape index (κ2) is 5.57. The van der Waals surface area contributed by atoms with Crippen molar-refractivity contribution >= 4 is 27.3 Å². The molecular weight excluding hydrogens is 289 g/mol. The van der Waals surface area contributed by atoms with Gasteiger partial charge in [-0.3, -0.25) is 0 Å². The highest BCUT2D eigenvalue weighted by Gasteiger charge is 2.00. The molecular formula is C12H11BrFNS. The number of halogens is 2. The van der Waals surface area contributed by atoms with Crippen LogP contribution in [0.3, 0.4) is 0 Å².